The Bertz CT molecular complexity index is 154. The minimum Gasteiger partial charge on any atom is -0.500 e. The van der Waals surface area contributed by atoms with Crippen LogP contribution in [0.4, 0.5) is 0 Å². The molecule has 0 spiro atoms. The fraction of sp³-hybridized carbons (Fsp3) is 0.375. The number of rotatable bonds is 5. The lowest BCUT2D eigenvalue weighted by atomic mass is 10.5. The van der Waals surface area contributed by atoms with Crippen LogP contribution >= 0.6 is 12.2 Å². The Labute approximate surface area is 72.9 Å². The molecule has 1 N–H and O–H groups in total. The summed E-state index contributed by atoms with van der Waals surface area (Å²) in [5.74, 6) is 0. The normalized spacial score (nSPS) is 9.55. The average molecular weight is 171 g/mol. The Morgan fingerprint density at radius 1 is 1.73 bits per heavy atom. The van der Waals surface area contributed by atoms with Crippen molar-refractivity contribution in [2.24, 2.45) is 0 Å². The van der Waals surface area contributed by atoms with Crippen molar-refractivity contribution in [1.29, 1.82) is 0 Å². The van der Waals surface area contributed by atoms with Crippen molar-refractivity contribution >= 4 is 17.2 Å². The van der Waals surface area contributed by atoms with Crippen LogP contribution in [0.15, 0.2) is 25.0 Å². The van der Waals surface area contributed by atoms with E-state index < -0.39 is 0 Å². The minimum absolute atomic E-state index is 0.598. The second kappa shape index (κ2) is 7.28. The number of hydrogen-bond donors (Lipinski definition) is 1. The zero-order valence-electron chi connectivity index (χ0n) is 6.67. The molecule has 0 atom stereocenters. The summed E-state index contributed by atoms with van der Waals surface area (Å²) in [7, 11) is 0. The van der Waals surface area contributed by atoms with Gasteiger partial charge in [0.2, 0.25) is 0 Å². The predicted octanol–water partition coefficient (Wildman–Crippen LogP) is 1.64. The Balaban J connectivity index is 3.24. The summed E-state index contributed by atoms with van der Waals surface area (Å²) in [5, 5.41) is 2.99. The lowest BCUT2D eigenvalue weighted by Crippen LogP contribution is -2.23. The summed E-state index contributed by atoms with van der Waals surface area (Å²) >= 11 is 4.92. The highest BCUT2D eigenvalue weighted by Crippen LogP contribution is 1.77. The lowest BCUT2D eigenvalue weighted by Gasteiger charge is -2.02. The van der Waals surface area contributed by atoms with Gasteiger partial charge < -0.3 is 10.1 Å². The second-order valence-electron chi connectivity index (χ2n) is 1.83. The first-order valence-corrected chi connectivity index (χ1v) is 3.85. The quantitative estimate of drug-likeness (QED) is 0.294. The fourth-order valence-electron chi connectivity index (χ4n) is 0.527. The predicted molar refractivity (Wildman–Crippen MR) is 51.6 cm³/mol. The van der Waals surface area contributed by atoms with Gasteiger partial charge in [-0.25, -0.2) is 0 Å². The van der Waals surface area contributed by atoms with Gasteiger partial charge in [0.05, 0.1) is 11.3 Å². The van der Waals surface area contributed by atoms with Gasteiger partial charge in [-0.3, -0.25) is 0 Å². The van der Waals surface area contributed by atoms with E-state index in [0.29, 0.717) is 6.61 Å². The second-order valence-corrected chi connectivity index (χ2v) is 2.27. The fourth-order valence-corrected chi connectivity index (χ4v) is 0.765. The molecular formula is C8H13NOS. The topological polar surface area (TPSA) is 21.3 Å². The highest BCUT2D eigenvalue weighted by atomic mass is 32.1. The van der Waals surface area contributed by atoms with Crippen LogP contribution < -0.4 is 5.32 Å². The Morgan fingerprint density at radius 2 is 2.45 bits per heavy atom. The first-order chi connectivity index (χ1) is 5.31. The third-order valence-corrected chi connectivity index (χ3v) is 1.24. The summed E-state index contributed by atoms with van der Waals surface area (Å²) in [6.45, 7) is 6.66. The first kappa shape index (κ1) is 10.2. The van der Waals surface area contributed by atoms with E-state index in [1.807, 2.05) is 19.1 Å². The standard InChI is InChI=1S/C8H13NOS/c1-3-5-8(11)9-6-7-10-4-2/h3-5H,2,6-7H2,1H3,(H,9,11). The van der Waals surface area contributed by atoms with Gasteiger partial charge in [0.25, 0.3) is 0 Å². The lowest BCUT2D eigenvalue weighted by molar-refractivity contribution is 0.256. The summed E-state index contributed by atoms with van der Waals surface area (Å²) in [5.41, 5.74) is 0. The van der Waals surface area contributed by atoms with E-state index in [4.69, 9.17) is 17.0 Å². The molecule has 0 rings (SSSR count). The van der Waals surface area contributed by atoms with Crippen LogP contribution in [0.1, 0.15) is 6.92 Å². The van der Waals surface area contributed by atoms with Gasteiger partial charge in [-0.15, -0.1) is 0 Å². The van der Waals surface area contributed by atoms with Crippen LogP contribution in [-0.4, -0.2) is 18.1 Å². The van der Waals surface area contributed by atoms with Crippen LogP contribution in [0, 0.1) is 0 Å². The summed E-state index contributed by atoms with van der Waals surface area (Å²) in [6, 6.07) is 0. The van der Waals surface area contributed by atoms with Gasteiger partial charge in [0.1, 0.15) is 6.61 Å². The third-order valence-electron chi connectivity index (χ3n) is 0.955. The highest BCUT2D eigenvalue weighted by Gasteiger charge is 1.86. The van der Waals surface area contributed by atoms with Crippen molar-refractivity contribution in [2.75, 3.05) is 13.2 Å². The Hall–Kier alpha value is -0.830. The molecule has 0 aliphatic carbocycles. The van der Waals surface area contributed by atoms with Crippen LogP contribution in [-0.2, 0) is 4.74 Å². The van der Waals surface area contributed by atoms with Gasteiger partial charge in [-0.2, -0.15) is 0 Å². The first-order valence-electron chi connectivity index (χ1n) is 3.44. The number of ether oxygens (including phenoxy) is 1. The molecule has 0 aliphatic heterocycles. The molecule has 0 amide bonds. The Kier molecular flexibility index (Phi) is 6.73. The van der Waals surface area contributed by atoms with Gasteiger partial charge in [0.15, 0.2) is 0 Å². The van der Waals surface area contributed by atoms with Crippen molar-refractivity contribution in [1.82, 2.24) is 5.32 Å². The molecule has 0 aromatic heterocycles. The van der Waals surface area contributed by atoms with E-state index in [2.05, 4.69) is 11.9 Å². The molecule has 0 aromatic carbocycles. The molecule has 0 saturated heterocycles. The number of allylic oxidation sites excluding steroid dienone is 1. The molecule has 0 fully saturated rings. The summed E-state index contributed by atoms with van der Waals surface area (Å²) in [4.78, 5) is 0.736. The van der Waals surface area contributed by atoms with Crippen molar-refractivity contribution in [3.63, 3.8) is 0 Å². The molecule has 0 aromatic rings. The average Bonchev–Trinajstić information content (AvgIpc) is 1.99. The van der Waals surface area contributed by atoms with E-state index in [1.165, 1.54) is 6.26 Å². The molecule has 3 heteroatoms. The molecule has 0 saturated carbocycles. The monoisotopic (exact) mass is 171 g/mol. The molecule has 0 heterocycles. The summed E-state index contributed by atoms with van der Waals surface area (Å²) in [6.07, 6.45) is 5.15. The van der Waals surface area contributed by atoms with E-state index in [1.54, 1.807) is 0 Å². The molecule has 11 heavy (non-hydrogen) atoms. The van der Waals surface area contributed by atoms with Crippen molar-refractivity contribution in [3.8, 4) is 0 Å². The maximum absolute atomic E-state index is 4.92. The van der Waals surface area contributed by atoms with Crippen LogP contribution in [0.2, 0.25) is 0 Å². The largest absolute Gasteiger partial charge is 0.500 e. The SMILES string of the molecule is C=COCCNC(=S)C=CC. The molecule has 62 valence electrons. The van der Waals surface area contributed by atoms with Crippen LogP contribution in [0.25, 0.3) is 0 Å². The van der Waals surface area contributed by atoms with Crippen molar-refractivity contribution in [3.05, 3.63) is 25.0 Å². The maximum Gasteiger partial charge on any atom is 0.105 e. The molecule has 0 radical (unpaired) electrons. The van der Waals surface area contributed by atoms with Crippen molar-refractivity contribution in [2.45, 2.75) is 6.92 Å². The van der Waals surface area contributed by atoms with Crippen LogP contribution in [0.5, 0.6) is 0 Å². The van der Waals surface area contributed by atoms with Gasteiger partial charge in [-0.05, 0) is 13.0 Å². The Morgan fingerprint density at radius 3 is 3.00 bits per heavy atom. The number of thiocarbonyl (C=S) groups is 1. The maximum atomic E-state index is 4.92. The molecular weight excluding hydrogens is 158 g/mol. The number of nitrogens with one attached hydrogen (secondary N) is 1. The molecule has 0 unspecified atom stereocenters. The van der Waals surface area contributed by atoms with Crippen molar-refractivity contribution < 1.29 is 4.74 Å². The molecule has 0 bridgehead atoms. The van der Waals surface area contributed by atoms with E-state index in [9.17, 15) is 0 Å². The van der Waals surface area contributed by atoms with E-state index >= 15 is 0 Å². The molecule has 0 aliphatic rings. The molecule has 2 nitrogen and oxygen atoms in total. The zero-order chi connectivity index (χ0) is 8.53. The zero-order valence-corrected chi connectivity index (χ0v) is 7.49. The summed E-state index contributed by atoms with van der Waals surface area (Å²) < 4.78 is 4.88. The smallest absolute Gasteiger partial charge is 0.105 e. The van der Waals surface area contributed by atoms with Gasteiger partial charge in [0, 0.05) is 6.54 Å². The number of hydrogen-bond acceptors (Lipinski definition) is 2. The third kappa shape index (κ3) is 7.06. The van der Waals surface area contributed by atoms with Gasteiger partial charge >= 0.3 is 0 Å². The highest BCUT2D eigenvalue weighted by molar-refractivity contribution is 7.80. The van der Waals surface area contributed by atoms with Crippen LogP contribution in [0.3, 0.4) is 0 Å². The van der Waals surface area contributed by atoms with E-state index in [-0.39, 0.29) is 0 Å². The van der Waals surface area contributed by atoms with E-state index in [0.717, 1.165) is 11.5 Å². The minimum atomic E-state index is 0.598. The van der Waals surface area contributed by atoms with Gasteiger partial charge in [-0.1, -0.05) is 24.9 Å².